The number of nitrogens with zero attached hydrogens (tertiary/aromatic N) is 5. The first-order valence-electron chi connectivity index (χ1n) is 8.69. The Bertz CT molecular complexity index is 843. The maximum atomic E-state index is 12.5. The monoisotopic (exact) mass is 368 g/mol. The van der Waals surface area contributed by atoms with E-state index in [0.29, 0.717) is 6.42 Å². The molecule has 3 rings (SSSR count). The summed E-state index contributed by atoms with van der Waals surface area (Å²) in [6, 6.07) is 5.62. The van der Waals surface area contributed by atoms with Crippen LogP contribution in [0.5, 0.6) is 0 Å². The molecular formula is C19H24N6O2. The van der Waals surface area contributed by atoms with Gasteiger partial charge in [0.25, 0.3) is 0 Å². The number of carbonyl (C=O) groups excluding carboxylic acids is 1. The minimum Gasteiger partial charge on any atom is -0.391 e. The molecule has 2 heterocycles. The van der Waals surface area contributed by atoms with E-state index < -0.39 is 0 Å². The van der Waals surface area contributed by atoms with Crippen molar-refractivity contribution in [1.29, 1.82) is 0 Å². The summed E-state index contributed by atoms with van der Waals surface area (Å²) >= 11 is 0. The van der Waals surface area contributed by atoms with Gasteiger partial charge in [0.2, 0.25) is 0 Å². The van der Waals surface area contributed by atoms with Crippen molar-refractivity contribution >= 4 is 23.6 Å². The second-order valence-electron chi connectivity index (χ2n) is 6.36. The summed E-state index contributed by atoms with van der Waals surface area (Å²) in [6.45, 7) is 4.16. The highest BCUT2D eigenvalue weighted by Gasteiger charge is 2.32. The van der Waals surface area contributed by atoms with Gasteiger partial charge in [-0.2, -0.15) is 0 Å². The molecule has 142 valence electrons. The Hall–Kier alpha value is -2.97. The number of hydrogen-bond acceptors (Lipinski definition) is 6. The predicted molar refractivity (Wildman–Crippen MR) is 106 cm³/mol. The molecule has 0 radical (unpaired) electrons. The van der Waals surface area contributed by atoms with Gasteiger partial charge in [0, 0.05) is 38.5 Å². The first-order chi connectivity index (χ1) is 13.0. The standard InChI is InChI=1S/C19H24N6O2/c1-14-7-5-9-18(25-19(26)23(3)24(4)22-25)17(14)13-27-21-15(2)16-8-6-11-20-12-10-16/h5-9,11-12,22H,10,13H2,1-4H3/b21-15-. The molecule has 0 saturated carbocycles. The Morgan fingerprint density at radius 3 is 2.93 bits per heavy atom. The Morgan fingerprint density at radius 1 is 1.37 bits per heavy atom. The minimum atomic E-state index is -0.168. The molecule has 8 nitrogen and oxygen atoms in total. The van der Waals surface area contributed by atoms with Gasteiger partial charge in [0.05, 0.1) is 11.4 Å². The number of hydrogen-bond donors (Lipinski definition) is 1. The quantitative estimate of drug-likeness (QED) is 0.641. The predicted octanol–water partition coefficient (Wildman–Crippen LogP) is 2.94. The van der Waals surface area contributed by atoms with E-state index in [9.17, 15) is 4.79 Å². The van der Waals surface area contributed by atoms with E-state index in [-0.39, 0.29) is 12.6 Å². The maximum absolute atomic E-state index is 12.5. The van der Waals surface area contributed by atoms with Crippen LogP contribution in [-0.2, 0) is 11.4 Å². The number of allylic oxidation sites excluding steroid dienone is 3. The third kappa shape index (κ3) is 4.07. The van der Waals surface area contributed by atoms with E-state index in [2.05, 4.69) is 15.7 Å². The Labute approximate surface area is 159 Å². The normalized spacial score (nSPS) is 18.1. The zero-order valence-electron chi connectivity index (χ0n) is 16.0. The molecule has 2 aliphatic rings. The van der Waals surface area contributed by atoms with Crippen LogP contribution >= 0.6 is 0 Å². The molecule has 1 fully saturated rings. The Balaban J connectivity index is 1.77. The van der Waals surface area contributed by atoms with Gasteiger partial charge < -0.3 is 4.84 Å². The van der Waals surface area contributed by atoms with E-state index in [4.69, 9.17) is 4.84 Å². The lowest BCUT2D eigenvalue weighted by molar-refractivity contribution is 0.0652. The molecule has 1 saturated heterocycles. The van der Waals surface area contributed by atoms with Crippen molar-refractivity contribution in [2.45, 2.75) is 26.9 Å². The molecule has 1 N–H and O–H groups in total. The molecule has 0 aliphatic carbocycles. The molecule has 0 unspecified atom stereocenters. The van der Waals surface area contributed by atoms with Gasteiger partial charge in [-0.05, 0) is 37.1 Å². The van der Waals surface area contributed by atoms with Crippen molar-refractivity contribution in [3.63, 3.8) is 0 Å². The van der Waals surface area contributed by atoms with Crippen LogP contribution in [0.25, 0.3) is 0 Å². The van der Waals surface area contributed by atoms with Crippen molar-refractivity contribution in [3.05, 3.63) is 53.3 Å². The number of rotatable bonds is 5. The van der Waals surface area contributed by atoms with Gasteiger partial charge in [-0.1, -0.05) is 23.4 Å². The Morgan fingerprint density at radius 2 is 2.19 bits per heavy atom. The molecule has 1 aromatic rings. The molecule has 1 aromatic carbocycles. The summed E-state index contributed by atoms with van der Waals surface area (Å²) in [4.78, 5) is 22.2. The number of urea groups is 1. The minimum absolute atomic E-state index is 0.168. The van der Waals surface area contributed by atoms with Crippen LogP contribution in [0.4, 0.5) is 10.5 Å². The number of benzene rings is 1. The van der Waals surface area contributed by atoms with Crippen LogP contribution < -0.4 is 10.5 Å². The molecule has 0 bridgehead atoms. The second-order valence-corrected chi connectivity index (χ2v) is 6.36. The summed E-state index contributed by atoms with van der Waals surface area (Å²) < 4.78 is 0. The summed E-state index contributed by atoms with van der Waals surface area (Å²) in [5, 5.41) is 8.85. The van der Waals surface area contributed by atoms with Crippen molar-refractivity contribution in [2.75, 3.05) is 19.1 Å². The number of nitrogens with one attached hydrogen (secondary N) is 1. The zero-order valence-corrected chi connectivity index (χ0v) is 16.0. The SMILES string of the molecule is C/C(=N/OCc1c(C)cccc1N1NN(C)N(C)C1=O)C1=CC=CN=CC1. The molecule has 27 heavy (non-hydrogen) atoms. The van der Waals surface area contributed by atoms with E-state index in [0.717, 1.165) is 28.1 Å². The summed E-state index contributed by atoms with van der Waals surface area (Å²) in [5.74, 6) is 0. The molecule has 2 aliphatic heterocycles. The van der Waals surface area contributed by atoms with Gasteiger partial charge in [-0.3, -0.25) is 4.99 Å². The van der Waals surface area contributed by atoms with Crippen LogP contribution in [0, 0.1) is 6.92 Å². The molecule has 0 aromatic heterocycles. The largest absolute Gasteiger partial charge is 0.391 e. The Kier molecular flexibility index (Phi) is 5.68. The zero-order chi connectivity index (χ0) is 19.4. The molecule has 2 amide bonds. The average Bonchev–Trinajstić information content (AvgIpc) is 2.87. The lowest BCUT2D eigenvalue weighted by atomic mass is 10.1. The third-order valence-electron chi connectivity index (χ3n) is 4.55. The van der Waals surface area contributed by atoms with Gasteiger partial charge >= 0.3 is 6.03 Å². The topological polar surface area (TPSA) is 72.8 Å². The smallest absolute Gasteiger partial charge is 0.355 e. The fraction of sp³-hybridized carbons (Fsp3) is 0.316. The van der Waals surface area contributed by atoms with Crippen molar-refractivity contribution < 1.29 is 9.63 Å². The summed E-state index contributed by atoms with van der Waals surface area (Å²) in [7, 11) is 3.48. The lowest BCUT2D eigenvalue weighted by Crippen LogP contribution is -2.39. The number of aliphatic imine (C=N–C) groups is 1. The summed E-state index contributed by atoms with van der Waals surface area (Å²) in [5.41, 5.74) is 7.54. The highest BCUT2D eigenvalue weighted by molar-refractivity contribution is 6.00. The highest BCUT2D eigenvalue weighted by Crippen LogP contribution is 2.26. The maximum Gasteiger partial charge on any atom is 0.355 e. The number of oxime groups is 1. The number of aryl methyl sites for hydroxylation is 1. The third-order valence-corrected chi connectivity index (χ3v) is 4.55. The first-order valence-corrected chi connectivity index (χ1v) is 8.69. The van der Waals surface area contributed by atoms with E-state index in [1.807, 2.05) is 50.4 Å². The van der Waals surface area contributed by atoms with Crippen molar-refractivity contribution in [2.24, 2.45) is 10.1 Å². The van der Waals surface area contributed by atoms with E-state index in [1.165, 1.54) is 10.0 Å². The average molecular weight is 368 g/mol. The van der Waals surface area contributed by atoms with Crippen LogP contribution in [0.15, 0.2) is 52.3 Å². The van der Waals surface area contributed by atoms with Gasteiger partial charge in [0.1, 0.15) is 6.61 Å². The number of anilines is 1. The van der Waals surface area contributed by atoms with Crippen molar-refractivity contribution in [1.82, 2.24) is 15.7 Å². The van der Waals surface area contributed by atoms with Crippen LogP contribution in [0.2, 0.25) is 0 Å². The molecule has 0 spiro atoms. The fourth-order valence-corrected chi connectivity index (χ4v) is 2.78. The van der Waals surface area contributed by atoms with Gasteiger partial charge in [-0.25, -0.2) is 14.8 Å². The van der Waals surface area contributed by atoms with Gasteiger partial charge in [-0.15, -0.1) is 10.7 Å². The van der Waals surface area contributed by atoms with Crippen LogP contribution in [-0.4, -0.2) is 42.2 Å². The number of amides is 2. The van der Waals surface area contributed by atoms with Gasteiger partial charge in [0.15, 0.2) is 0 Å². The van der Waals surface area contributed by atoms with E-state index in [1.54, 1.807) is 25.4 Å². The molecular weight excluding hydrogens is 344 g/mol. The number of carbonyl (C=O) groups is 1. The summed E-state index contributed by atoms with van der Waals surface area (Å²) in [6.07, 6.45) is 8.16. The van der Waals surface area contributed by atoms with Crippen LogP contribution in [0.3, 0.4) is 0 Å². The van der Waals surface area contributed by atoms with Crippen LogP contribution in [0.1, 0.15) is 24.5 Å². The molecule has 8 heteroatoms. The fourth-order valence-electron chi connectivity index (χ4n) is 2.78. The first kappa shape index (κ1) is 18.8. The lowest BCUT2D eigenvalue weighted by Gasteiger charge is -2.19. The van der Waals surface area contributed by atoms with Crippen molar-refractivity contribution in [3.8, 4) is 0 Å². The number of hydrazine groups is 3. The van der Waals surface area contributed by atoms with E-state index >= 15 is 0 Å². The molecule has 0 atom stereocenters. The second kappa shape index (κ2) is 8.15. The highest BCUT2D eigenvalue weighted by atomic mass is 16.6.